The Hall–Kier alpha value is -0.120. The van der Waals surface area contributed by atoms with Crippen LogP contribution in [0.5, 0.6) is 0 Å². The van der Waals surface area contributed by atoms with Gasteiger partial charge in [0, 0.05) is 18.1 Å². The summed E-state index contributed by atoms with van der Waals surface area (Å²) in [7, 11) is 2.09. The second-order valence-electron chi connectivity index (χ2n) is 3.92. The van der Waals surface area contributed by atoms with Crippen molar-refractivity contribution in [3.8, 4) is 0 Å². The Morgan fingerprint density at radius 3 is 2.73 bits per heavy atom. The van der Waals surface area contributed by atoms with Gasteiger partial charge in [-0.15, -0.1) is 0 Å². The van der Waals surface area contributed by atoms with E-state index in [0.717, 1.165) is 19.3 Å². The van der Waals surface area contributed by atoms with Gasteiger partial charge < -0.3 is 10.8 Å². The lowest BCUT2D eigenvalue weighted by molar-refractivity contribution is 0.0957. The Kier molecular flexibility index (Phi) is 1.67. The second-order valence-corrected chi connectivity index (χ2v) is 3.92. The van der Waals surface area contributed by atoms with E-state index in [1.807, 2.05) is 0 Å². The molecular weight excluding hydrogens is 140 g/mol. The molecule has 0 aromatic heterocycles. The van der Waals surface area contributed by atoms with Gasteiger partial charge in [-0.1, -0.05) is 0 Å². The van der Waals surface area contributed by atoms with Crippen LogP contribution in [0.4, 0.5) is 0 Å². The third-order valence-corrected chi connectivity index (χ3v) is 3.18. The van der Waals surface area contributed by atoms with Crippen molar-refractivity contribution in [1.82, 2.24) is 4.90 Å². The first-order valence-corrected chi connectivity index (χ1v) is 4.34. The zero-order valence-electron chi connectivity index (χ0n) is 6.90. The van der Waals surface area contributed by atoms with Gasteiger partial charge in [0.1, 0.15) is 0 Å². The van der Waals surface area contributed by atoms with E-state index in [4.69, 9.17) is 5.73 Å². The Morgan fingerprint density at radius 2 is 2.09 bits per heavy atom. The molecule has 0 saturated carbocycles. The van der Waals surface area contributed by atoms with Gasteiger partial charge >= 0.3 is 0 Å². The van der Waals surface area contributed by atoms with Crippen LogP contribution in [0, 0.1) is 0 Å². The number of aliphatic hydroxyl groups excluding tert-OH is 1. The van der Waals surface area contributed by atoms with Gasteiger partial charge in [0.2, 0.25) is 0 Å². The van der Waals surface area contributed by atoms with Crippen molar-refractivity contribution in [1.29, 1.82) is 0 Å². The van der Waals surface area contributed by atoms with Crippen molar-refractivity contribution in [2.45, 2.75) is 43.5 Å². The highest BCUT2D eigenvalue weighted by molar-refractivity contribution is 4.99. The van der Waals surface area contributed by atoms with Gasteiger partial charge in [-0.2, -0.15) is 0 Å². The molecule has 11 heavy (non-hydrogen) atoms. The Labute approximate surface area is 67.2 Å². The van der Waals surface area contributed by atoms with Crippen molar-refractivity contribution in [3.63, 3.8) is 0 Å². The predicted molar refractivity (Wildman–Crippen MR) is 43.2 cm³/mol. The molecule has 0 amide bonds. The molecule has 2 bridgehead atoms. The summed E-state index contributed by atoms with van der Waals surface area (Å²) in [5, 5.41) is 9.59. The fraction of sp³-hybridized carbons (Fsp3) is 1.00. The number of nitrogens with two attached hydrogens (primary N) is 1. The zero-order chi connectivity index (χ0) is 8.01. The summed E-state index contributed by atoms with van der Waals surface area (Å²) in [6.07, 6.45) is 2.83. The van der Waals surface area contributed by atoms with Crippen LogP contribution < -0.4 is 5.73 Å². The first-order chi connectivity index (χ1) is 5.18. The molecular formula is C8H16N2O. The summed E-state index contributed by atoms with van der Waals surface area (Å²) in [6.45, 7) is 0. The summed E-state index contributed by atoms with van der Waals surface area (Å²) < 4.78 is 0. The van der Waals surface area contributed by atoms with Crippen LogP contribution in [0.15, 0.2) is 0 Å². The Bertz CT molecular complexity index is 160. The van der Waals surface area contributed by atoms with Gasteiger partial charge in [-0.3, -0.25) is 4.90 Å². The van der Waals surface area contributed by atoms with Gasteiger partial charge in [0.05, 0.1) is 6.10 Å². The largest absolute Gasteiger partial charge is 0.391 e. The first kappa shape index (κ1) is 7.53. The number of hydrogen-bond donors (Lipinski definition) is 2. The van der Waals surface area contributed by atoms with E-state index >= 15 is 0 Å². The number of fused-ring (bicyclic) bond motifs is 2. The lowest BCUT2D eigenvalue weighted by Crippen LogP contribution is -2.46. The molecule has 0 spiro atoms. The molecule has 0 radical (unpaired) electrons. The number of hydrogen-bond acceptors (Lipinski definition) is 3. The maximum atomic E-state index is 9.59. The smallest absolute Gasteiger partial charge is 0.0710 e. The topological polar surface area (TPSA) is 49.5 Å². The number of piperidine rings is 1. The van der Waals surface area contributed by atoms with E-state index in [0.29, 0.717) is 18.1 Å². The maximum Gasteiger partial charge on any atom is 0.0710 e. The molecule has 4 atom stereocenters. The van der Waals surface area contributed by atoms with E-state index < -0.39 is 0 Å². The van der Waals surface area contributed by atoms with Gasteiger partial charge in [0.15, 0.2) is 0 Å². The number of nitrogens with zero attached hydrogens (tertiary/aromatic N) is 1. The molecule has 4 unspecified atom stereocenters. The molecule has 2 heterocycles. The summed E-state index contributed by atoms with van der Waals surface area (Å²) in [5.74, 6) is 0. The van der Waals surface area contributed by atoms with Crippen molar-refractivity contribution in [2.75, 3.05) is 7.05 Å². The average molecular weight is 156 g/mol. The first-order valence-electron chi connectivity index (χ1n) is 4.34. The standard InChI is InChI=1S/C8H16N2O/c1-10-6-2-5(9)3-7(10)8(11)4-6/h5-8,11H,2-4,9H2,1H3. The van der Waals surface area contributed by atoms with Crippen LogP contribution in [-0.4, -0.2) is 41.3 Å². The highest BCUT2D eigenvalue weighted by atomic mass is 16.3. The molecule has 3 heteroatoms. The minimum absolute atomic E-state index is 0.126. The minimum atomic E-state index is -0.126. The molecule has 3 N–H and O–H groups in total. The molecule has 2 fully saturated rings. The summed E-state index contributed by atoms with van der Waals surface area (Å²) >= 11 is 0. The van der Waals surface area contributed by atoms with E-state index in [1.54, 1.807) is 0 Å². The van der Waals surface area contributed by atoms with Crippen LogP contribution in [0.2, 0.25) is 0 Å². The second kappa shape index (κ2) is 2.44. The van der Waals surface area contributed by atoms with Crippen LogP contribution in [0.25, 0.3) is 0 Å². The number of rotatable bonds is 0. The highest BCUT2D eigenvalue weighted by Gasteiger charge is 2.42. The van der Waals surface area contributed by atoms with E-state index in [9.17, 15) is 5.11 Å². The molecule has 0 aliphatic carbocycles. The van der Waals surface area contributed by atoms with Gasteiger partial charge in [-0.25, -0.2) is 0 Å². The summed E-state index contributed by atoms with van der Waals surface area (Å²) in [4.78, 5) is 2.29. The van der Waals surface area contributed by atoms with E-state index in [1.165, 1.54) is 0 Å². The monoisotopic (exact) mass is 156 g/mol. The van der Waals surface area contributed by atoms with Crippen molar-refractivity contribution < 1.29 is 5.11 Å². The fourth-order valence-electron chi connectivity index (χ4n) is 2.49. The normalized spacial score (nSPS) is 51.5. The molecule has 0 aromatic carbocycles. The van der Waals surface area contributed by atoms with Crippen LogP contribution >= 0.6 is 0 Å². The van der Waals surface area contributed by atoms with Crippen LogP contribution in [0.3, 0.4) is 0 Å². The quantitative estimate of drug-likeness (QED) is 0.499. The molecule has 2 rings (SSSR count). The molecule has 0 aromatic rings. The lowest BCUT2D eigenvalue weighted by atomic mass is 9.99. The zero-order valence-corrected chi connectivity index (χ0v) is 6.90. The third-order valence-electron chi connectivity index (χ3n) is 3.18. The van der Waals surface area contributed by atoms with Gasteiger partial charge in [-0.05, 0) is 26.3 Å². The number of likely N-dealkylation sites (N-methyl/N-ethyl adjacent to an activating group) is 1. The van der Waals surface area contributed by atoms with Crippen LogP contribution in [-0.2, 0) is 0 Å². The Balaban J connectivity index is 2.14. The third kappa shape index (κ3) is 1.08. The minimum Gasteiger partial charge on any atom is -0.391 e. The van der Waals surface area contributed by atoms with E-state index in [-0.39, 0.29) is 6.10 Å². The predicted octanol–water partition coefficient (Wildman–Crippen LogP) is -0.459. The van der Waals surface area contributed by atoms with Crippen LogP contribution in [0.1, 0.15) is 19.3 Å². The fourth-order valence-corrected chi connectivity index (χ4v) is 2.49. The van der Waals surface area contributed by atoms with Crippen molar-refractivity contribution >= 4 is 0 Å². The van der Waals surface area contributed by atoms with Crippen molar-refractivity contribution in [2.24, 2.45) is 5.73 Å². The number of aliphatic hydroxyl groups is 1. The van der Waals surface area contributed by atoms with Gasteiger partial charge in [0.25, 0.3) is 0 Å². The molecule has 2 saturated heterocycles. The summed E-state index contributed by atoms with van der Waals surface area (Å²) in [5.41, 5.74) is 5.84. The molecule has 2 aliphatic heterocycles. The van der Waals surface area contributed by atoms with Crippen molar-refractivity contribution in [3.05, 3.63) is 0 Å². The average Bonchev–Trinajstić information content (AvgIpc) is 2.17. The SMILES string of the molecule is CN1C2CC(N)CC1C(O)C2. The molecule has 64 valence electrons. The van der Waals surface area contributed by atoms with E-state index in [2.05, 4.69) is 11.9 Å². The maximum absolute atomic E-state index is 9.59. The Morgan fingerprint density at radius 1 is 1.36 bits per heavy atom. The lowest BCUT2D eigenvalue weighted by Gasteiger charge is -2.34. The molecule has 3 nitrogen and oxygen atoms in total. The molecule has 2 aliphatic rings. The highest BCUT2D eigenvalue weighted by Crippen LogP contribution is 2.33. The summed E-state index contributed by atoms with van der Waals surface area (Å²) in [6, 6.07) is 1.20.